The maximum absolute atomic E-state index is 5.52. The van der Waals surface area contributed by atoms with Crippen LogP contribution in [0, 0.1) is 6.92 Å². The van der Waals surface area contributed by atoms with Crippen LogP contribution in [0.2, 0.25) is 0 Å². The fraction of sp³-hybridized carbons (Fsp3) is 0.667. The summed E-state index contributed by atoms with van der Waals surface area (Å²) in [6, 6.07) is 1.95. The Balaban J connectivity index is 2.04. The summed E-state index contributed by atoms with van der Waals surface area (Å²) in [4.78, 5) is 11.3. The average molecular weight is 236 g/mol. The maximum Gasteiger partial charge on any atom is 0.144 e. The van der Waals surface area contributed by atoms with E-state index in [4.69, 9.17) is 4.74 Å². The van der Waals surface area contributed by atoms with Gasteiger partial charge in [-0.25, -0.2) is 9.97 Å². The molecule has 0 radical (unpaired) electrons. The van der Waals surface area contributed by atoms with Gasteiger partial charge in [0.2, 0.25) is 0 Å². The molecule has 0 aromatic carbocycles. The van der Waals surface area contributed by atoms with Gasteiger partial charge in [0, 0.05) is 31.9 Å². The highest BCUT2D eigenvalue weighted by molar-refractivity contribution is 5.34. The molecule has 0 aliphatic carbocycles. The number of aromatic nitrogens is 2. The zero-order valence-electron chi connectivity index (χ0n) is 10.7. The summed E-state index contributed by atoms with van der Waals surface area (Å²) < 4.78 is 5.52. The van der Waals surface area contributed by atoms with Crippen LogP contribution in [-0.2, 0) is 11.3 Å². The van der Waals surface area contributed by atoms with Crippen molar-refractivity contribution < 1.29 is 4.74 Å². The lowest BCUT2D eigenvalue weighted by molar-refractivity contribution is -0.0220. The SMILES string of the molecule is CNc1cc(C)nc(CN2CCOC(C)C2)n1. The van der Waals surface area contributed by atoms with E-state index in [-0.39, 0.29) is 0 Å². The van der Waals surface area contributed by atoms with Gasteiger partial charge in [-0.1, -0.05) is 0 Å². The molecule has 1 fully saturated rings. The Morgan fingerprint density at radius 2 is 2.35 bits per heavy atom. The number of rotatable bonds is 3. The lowest BCUT2D eigenvalue weighted by Crippen LogP contribution is -2.40. The zero-order chi connectivity index (χ0) is 12.3. The molecule has 17 heavy (non-hydrogen) atoms. The minimum atomic E-state index is 0.303. The number of aryl methyl sites for hydroxylation is 1. The van der Waals surface area contributed by atoms with Crippen molar-refractivity contribution in [2.75, 3.05) is 32.1 Å². The van der Waals surface area contributed by atoms with E-state index in [0.29, 0.717) is 6.10 Å². The number of nitrogens with zero attached hydrogens (tertiary/aromatic N) is 3. The van der Waals surface area contributed by atoms with E-state index in [1.54, 1.807) is 0 Å². The van der Waals surface area contributed by atoms with Crippen LogP contribution in [0.1, 0.15) is 18.4 Å². The van der Waals surface area contributed by atoms with Crippen LogP contribution in [0.15, 0.2) is 6.07 Å². The van der Waals surface area contributed by atoms with E-state index >= 15 is 0 Å². The molecule has 0 spiro atoms. The topological polar surface area (TPSA) is 50.3 Å². The van der Waals surface area contributed by atoms with E-state index in [1.165, 1.54) is 0 Å². The second-order valence-corrected chi connectivity index (χ2v) is 4.48. The van der Waals surface area contributed by atoms with Gasteiger partial charge in [0.25, 0.3) is 0 Å². The van der Waals surface area contributed by atoms with E-state index < -0.39 is 0 Å². The third kappa shape index (κ3) is 3.38. The minimum Gasteiger partial charge on any atom is -0.376 e. The molecule has 5 nitrogen and oxygen atoms in total. The number of hydrogen-bond acceptors (Lipinski definition) is 5. The van der Waals surface area contributed by atoms with Crippen molar-refractivity contribution in [2.24, 2.45) is 0 Å². The van der Waals surface area contributed by atoms with Gasteiger partial charge in [-0.3, -0.25) is 4.90 Å². The van der Waals surface area contributed by atoms with Gasteiger partial charge in [-0.05, 0) is 13.8 Å². The number of nitrogens with one attached hydrogen (secondary N) is 1. The molecule has 1 saturated heterocycles. The van der Waals surface area contributed by atoms with E-state index in [1.807, 2.05) is 20.0 Å². The first-order valence-electron chi connectivity index (χ1n) is 6.03. The standard InChI is InChI=1S/C12H20N4O/c1-9-6-11(13-3)15-12(14-9)8-16-4-5-17-10(2)7-16/h6,10H,4-5,7-8H2,1-3H3,(H,13,14,15). The Morgan fingerprint density at radius 1 is 1.53 bits per heavy atom. The van der Waals surface area contributed by atoms with Crippen molar-refractivity contribution in [2.45, 2.75) is 26.5 Å². The summed E-state index contributed by atoms with van der Waals surface area (Å²) in [6.45, 7) is 7.59. The van der Waals surface area contributed by atoms with Crippen molar-refractivity contribution in [3.8, 4) is 0 Å². The highest BCUT2D eigenvalue weighted by atomic mass is 16.5. The monoisotopic (exact) mass is 236 g/mol. The van der Waals surface area contributed by atoms with Crippen molar-refractivity contribution in [3.63, 3.8) is 0 Å². The summed E-state index contributed by atoms with van der Waals surface area (Å²) >= 11 is 0. The summed E-state index contributed by atoms with van der Waals surface area (Å²) in [7, 11) is 1.88. The molecule has 2 heterocycles. The van der Waals surface area contributed by atoms with E-state index in [2.05, 4.69) is 27.1 Å². The lowest BCUT2D eigenvalue weighted by atomic mass is 10.3. The van der Waals surface area contributed by atoms with E-state index in [9.17, 15) is 0 Å². The molecule has 1 aromatic rings. The predicted octanol–water partition coefficient (Wildman–Crippen LogP) is 1.05. The highest BCUT2D eigenvalue weighted by Crippen LogP contribution is 2.10. The number of morpholine rings is 1. The second kappa shape index (κ2) is 5.42. The first kappa shape index (κ1) is 12.3. The van der Waals surface area contributed by atoms with Crippen molar-refractivity contribution in [1.29, 1.82) is 0 Å². The van der Waals surface area contributed by atoms with Crippen LogP contribution >= 0.6 is 0 Å². The molecule has 1 unspecified atom stereocenters. The fourth-order valence-corrected chi connectivity index (χ4v) is 2.06. The molecule has 1 N–H and O–H groups in total. The summed E-state index contributed by atoms with van der Waals surface area (Å²) in [5, 5.41) is 3.06. The maximum atomic E-state index is 5.52. The first-order chi connectivity index (χ1) is 8.17. The second-order valence-electron chi connectivity index (χ2n) is 4.48. The van der Waals surface area contributed by atoms with E-state index in [0.717, 1.165) is 43.6 Å². The molecule has 0 bridgehead atoms. The van der Waals surface area contributed by atoms with Crippen molar-refractivity contribution in [3.05, 3.63) is 17.6 Å². The molecule has 5 heteroatoms. The van der Waals surface area contributed by atoms with Crippen LogP contribution in [-0.4, -0.2) is 47.7 Å². The fourth-order valence-electron chi connectivity index (χ4n) is 2.06. The van der Waals surface area contributed by atoms with Gasteiger partial charge >= 0.3 is 0 Å². The average Bonchev–Trinajstić information content (AvgIpc) is 2.28. The van der Waals surface area contributed by atoms with Gasteiger partial charge in [0.05, 0.1) is 19.3 Å². The van der Waals surface area contributed by atoms with Crippen LogP contribution < -0.4 is 5.32 Å². The third-order valence-corrected chi connectivity index (χ3v) is 2.85. The number of anilines is 1. The minimum absolute atomic E-state index is 0.303. The summed E-state index contributed by atoms with van der Waals surface area (Å²) in [5.41, 5.74) is 1.00. The smallest absolute Gasteiger partial charge is 0.144 e. The quantitative estimate of drug-likeness (QED) is 0.850. The lowest BCUT2D eigenvalue weighted by Gasteiger charge is -2.30. The molecule has 1 aromatic heterocycles. The Labute approximate surface area is 102 Å². The van der Waals surface area contributed by atoms with Crippen molar-refractivity contribution in [1.82, 2.24) is 14.9 Å². The Kier molecular flexibility index (Phi) is 3.91. The number of ether oxygens (including phenoxy) is 1. The number of hydrogen-bond donors (Lipinski definition) is 1. The van der Waals surface area contributed by atoms with Gasteiger partial charge < -0.3 is 10.1 Å². The molecule has 1 aliphatic rings. The molecule has 94 valence electrons. The van der Waals surface area contributed by atoms with Gasteiger partial charge in [0.15, 0.2) is 0 Å². The molecule has 0 amide bonds. The highest BCUT2D eigenvalue weighted by Gasteiger charge is 2.17. The zero-order valence-corrected chi connectivity index (χ0v) is 10.7. The van der Waals surface area contributed by atoms with Gasteiger partial charge in [-0.2, -0.15) is 0 Å². The molecule has 1 aliphatic heterocycles. The first-order valence-corrected chi connectivity index (χ1v) is 6.03. The predicted molar refractivity (Wildman–Crippen MR) is 67.0 cm³/mol. The third-order valence-electron chi connectivity index (χ3n) is 2.85. The normalized spacial score (nSPS) is 21.5. The van der Waals surface area contributed by atoms with Crippen LogP contribution in [0.5, 0.6) is 0 Å². The Hall–Kier alpha value is -1.20. The Bertz CT molecular complexity index is 383. The largest absolute Gasteiger partial charge is 0.376 e. The van der Waals surface area contributed by atoms with Gasteiger partial charge in [-0.15, -0.1) is 0 Å². The Morgan fingerprint density at radius 3 is 3.06 bits per heavy atom. The van der Waals surface area contributed by atoms with Crippen molar-refractivity contribution >= 4 is 5.82 Å². The van der Waals surface area contributed by atoms with Crippen LogP contribution in [0.25, 0.3) is 0 Å². The molecular weight excluding hydrogens is 216 g/mol. The summed E-state index contributed by atoms with van der Waals surface area (Å²) in [5.74, 6) is 1.76. The molecular formula is C12H20N4O. The molecule has 2 rings (SSSR count). The molecule has 1 atom stereocenters. The summed E-state index contributed by atoms with van der Waals surface area (Å²) in [6.07, 6.45) is 0.303. The van der Waals surface area contributed by atoms with Gasteiger partial charge in [0.1, 0.15) is 11.6 Å². The van der Waals surface area contributed by atoms with Crippen LogP contribution in [0.3, 0.4) is 0 Å². The molecule has 0 saturated carbocycles. The van der Waals surface area contributed by atoms with Crippen LogP contribution in [0.4, 0.5) is 5.82 Å².